The first-order valence-electron chi connectivity index (χ1n) is 3.86. The van der Waals surface area contributed by atoms with Crippen molar-refractivity contribution in [2.75, 3.05) is 7.11 Å². The van der Waals surface area contributed by atoms with Crippen molar-refractivity contribution < 1.29 is 18.3 Å². The Balaban J connectivity index is 3.44. The lowest BCUT2D eigenvalue weighted by molar-refractivity contribution is 0.112. The van der Waals surface area contributed by atoms with Crippen LogP contribution in [0.2, 0.25) is 0 Å². The number of aromatic nitrogens is 1. The van der Waals surface area contributed by atoms with Gasteiger partial charge in [0.25, 0.3) is 6.43 Å². The summed E-state index contributed by atoms with van der Waals surface area (Å²) in [5, 5.41) is 8.67. The number of methoxy groups -OCH3 is 1. The number of alkyl halides is 2. The van der Waals surface area contributed by atoms with E-state index in [-0.39, 0.29) is 17.0 Å². The fraction of sp³-hybridized carbons (Fsp3) is 0.222. The second kappa shape index (κ2) is 4.46. The molecule has 0 saturated heterocycles. The largest absolute Gasteiger partial charge is 0.480 e. The molecular weight excluding hydrogens is 206 g/mol. The van der Waals surface area contributed by atoms with Gasteiger partial charge in [-0.3, -0.25) is 4.79 Å². The number of hydrogen-bond donors (Lipinski definition) is 0. The topological polar surface area (TPSA) is 63.0 Å². The molecule has 0 atom stereocenters. The standard InChI is InChI=1S/C9H6F2N2O2/c1-15-9-6(3-12)5(4-14)2-7(13-9)8(10)11/h2,4,8H,1H3. The summed E-state index contributed by atoms with van der Waals surface area (Å²) in [4.78, 5) is 14.0. The van der Waals surface area contributed by atoms with Gasteiger partial charge in [0.1, 0.15) is 17.3 Å². The number of carbonyl (C=O) groups is 1. The smallest absolute Gasteiger partial charge is 0.280 e. The monoisotopic (exact) mass is 212 g/mol. The maximum absolute atomic E-state index is 12.3. The van der Waals surface area contributed by atoms with Gasteiger partial charge in [0.2, 0.25) is 5.88 Å². The fourth-order valence-corrected chi connectivity index (χ4v) is 1.03. The van der Waals surface area contributed by atoms with Gasteiger partial charge in [0, 0.05) is 5.56 Å². The van der Waals surface area contributed by atoms with Crippen LogP contribution in [0.5, 0.6) is 5.88 Å². The van der Waals surface area contributed by atoms with Gasteiger partial charge < -0.3 is 4.74 Å². The molecule has 1 rings (SSSR count). The van der Waals surface area contributed by atoms with Crippen molar-refractivity contribution in [3.8, 4) is 11.9 Å². The molecule has 1 heterocycles. The summed E-state index contributed by atoms with van der Waals surface area (Å²) in [5.74, 6) is -0.266. The van der Waals surface area contributed by atoms with E-state index < -0.39 is 12.1 Å². The van der Waals surface area contributed by atoms with E-state index in [4.69, 9.17) is 5.26 Å². The predicted octanol–water partition coefficient (Wildman–Crippen LogP) is 1.71. The van der Waals surface area contributed by atoms with E-state index in [1.165, 1.54) is 7.11 Å². The normalized spacial score (nSPS) is 9.80. The van der Waals surface area contributed by atoms with E-state index in [0.717, 1.165) is 6.07 Å². The van der Waals surface area contributed by atoms with Crippen molar-refractivity contribution in [3.63, 3.8) is 0 Å². The quantitative estimate of drug-likeness (QED) is 0.715. The zero-order valence-corrected chi connectivity index (χ0v) is 7.70. The minimum Gasteiger partial charge on any atom is -0.480 e. The zero-order chi connectivity index (χ0) is 11.4. The molecule has 0 aliphatic carbocycles. The van der Waals surface area contributed by atoms with E-state index in [0.29, 0.717) is 6.29 Å². The Bertz CT molecular complexity index is 427. The first kappa shape index (κ1) is 11.0. The number of aldehydes is 1. The molecule has 0 bridgehead atoms. The van der Waals surface area contributed by atoms with E-state index in [1.807, 2.05) is 0 Å². The third-order valence-corrected chi connectivity index (χ3v) is 1.69. The molecule has 0 aliphatic rings. The van der Waals surface area contributed by atoms with Crippen molar-refractivity contribution >= 4 is 6.29 Å². The van der Waals surface area contributed by atoms with Crippen molar-refractivity contribution in [2.24, 2.45) is 0 Å². The molecule has 4 nitrogen and oxygen atoms in total. The van der Waals surface area contributed by atoms with Crippen molar-refractivity contribution in [1.82, 2.24) is 4.98 Å². The van der Waals surface area contributed by atoms with Gasteiger partial charge in [-0.05, 0) is 6.07 Å². The number of pyridine rings is 1. The predicted molar refractivity (Wildman–Crippen MR) is 45.8 cm³/mol. The van der Waals surface area contributed by atoms with E-state index in [9.17, 15) is 13.6 Å². The first-order chi connectivity index (χ1) is 7.13. The van der Waals surface area contributed by atoms with Crippen LogP contribution >= 0.6 is 0 Å². The summed E-state index contributed by atoms with van der Waals surface area (Å²) >= 11 is 0. The lowest BCUT2D eigenvalue weighted by Crippen LogP contribution is -2.01. The number of halogens is 2. The van der Waals surface area contributed by atoms with Gasteiger partial charge in [-0.25, -0.2) is 13.8 Å². The van der Waals surface area contributed by atoms with Crippen LogP contribution in [0.3, 0.4) is 0 Å². The van der Waals surface area contributed by atoms with Gasteiger partial charge in [-0.15, -0.1) is 0 Å². The maximum Gasteiger partial charge on any atom is 0.280 e. The maximum atomic E-state index is 12.3. The van der Waals surface area contributed by atoms with Crippen LogP contribution in [-0.4, -0.2) is 18.4 Å². The number of nitrogens with zero attached hydrogens (tertiary/aromatic N) is 2. The SMILES string of the molecule is COc1nc(C(F)F)cc(C=O)c1C#N. The third-order valence-electron chi connectivity index (χ3n) is 1.69. The third kappa shape index (κ3) is 2.07. The Morgan fingerprint density at radius 1 is 1.67 bits per heavy atom. The lowest BCUT2D eigenvalue weighted by Gasteiger charge is -2.06. The average molecular weight is 212 g/mol. The van der Waals surface area contributed by atoms with Gasteiger partial charge in [-0.1, -0.05) is 0 Å². The van der Waals surface area contributed by atoms with Gasteiger partial charge in [0.15, 0.2) is 6.29 Å². The molecule has 1 aromatic rings. The van der Waals surface area contributed by atoms with Gasteiger partial charge >= 0.3 is 0 Å². The highest BCUT2D eigenvalue weighted by molar-refractivity contribution is 5.80. The van der Waals surface area contributed by atoms with Crippen LogP contribution in [0.25, 0.3) is 0 Å². The molecular formula is C9H6F2N2O2. The van der Waals surface area contributed by atoms with Crippen molar-refractivity contribution in [1.29, 1.82) is 5.26 Å². The molecule has 0 aromatic carbocycles. The molecule has 0 spiro atoms. The molecule has 6 heteroatoms. The number of carbonyl (C=O) groups excluding carboxylic acids is 1. The number of ether oxygens (including phenoxy) is 1. The number of rotatable bonds is 3. The minimum atomic E-state index is -2.81. The van der Waals surface area contributed by atoms with Crippen molar-refractivity contribution in [2.45, 2.75) is 6.43 Å². The lowest BCUT2D eigenvalue weighted by atomic mass is 10.1. The van der Waals surface area contributed by atoms with Crippen molar-refractivity contribution in [3.05, 3.63) is 22.9 Å². The highest BCUT2D eigenvalue weighted by Crippen LogP contribution is 2.24. The van der Waals surface area contributed by atoms with Crippen LogP contribution in [0.15, 0.2) is 6.07 Å². The molecule has 0 N–H and O–H groups in total. The Morgan fingerprint density at radius 3 is 2.73 bits per heavy atom. The summed E-state index contributed by atoms with van der Waals surface area (Å²) in [6.07, 6.45) is -2.50. The summed E-state index contributed by atoms with van der Waals surface area (Å²) in [6.45, 7) is 0. The molecule has 15 heavy (non-hydrogen) atoms. The average Bonchev–Trinajstić information content (AvgIpc) is 2.26. The highest BCUT2D eigenvalue weighted by Gasteiger charge is 2.17. The fourth-order valence-electron chi connectivity index (χ4n) is 1.03. The molecule has 1 aromatic heterocycles. The summed E-state index contributed by atoms with van der Waals surface area (Å²) in [7, 11) is 1.19. The number of nitriles is 1. The Kier molecular flexibility index (Phi) is 3.29. The molecule has 0 saturated carbocycles. The molecule has 0 fully saturated rings. The Labute approximate surface area is 84.1 Å². The number of hydrogen-bond acceptors (Lipinski definition) is 4. The van der Waals surface area contributed by atoms with E-state index in [2.05, 4.69) is 9.72 Å². The van der Waals surface area contributed by atoms with Crippen LogP contribution in [0, 0.1) is 11.3 Å². The second-order valence-electron chi connectivity index (χ2n) is 2.55. The summed E-state index contributed by atoms with van der Waals surface area (Å²) in [5.41, 5.74) is -0.885. The Morgan fingerprint density at radius 2 is 2.33 bits per heavy atom. The molecule has 0 amide bonds. The van der Waals surface area contributed by atoms with Crippen LogP contribution in [0.4, 0.5) is 8.78 Å². The second-order valence-corrected chi connectivity index (χ2v) is 2.55. The molecule has 0 aliphatic heterocycles. The highest BCUT2D eigenvalue weighted by atomic mass is 19.3. The van der Waals surface area contributed by atoms with E-state index >= 15 is 0 Å². The van der Waals surface area contributed by atoms with Crippen LogP contribution in [-0.2, 0) is 0 Å². The van der Waals surface area contributed by atoms with Crippen LogP contribution < -0.4 is 4.74 Å². The molecule has 0 unspecified atom stereocenters. The Hall–Kier alpha value is -2.03. The van der Waals surface area contributed by atoms with Gasteiger partial charge in [0.05, 0.1) is 7.11 Å². The summed E-state index contributed by atoms with van der Waals surface area (Å²) in [6, 6.07) is 2.54. The zero-order valence-electron chi connectivity index (χ0n) is 7.70. The van der Waals surface area contributed by atoms with Crippen LogP contribution in [0.1, 0.15) is 28.0 Å². The minimum absolute atomic E-state index is 0.142. The van der Waals surface area contributed by atoms with Gasteiger partial charge in [-0.2, -0.15) is 5.26 Å². The first-order valence-corrected chi connectivity index (χ1v) is 3.86. The molecule has 0 radical (unpaired) electrons. The molecule has 78 valence electrons. The van der Waals surface area contributed by atoms with E-state index in [1.54, 1.807) is 6.07 Å². The summed E-state index contributed by atoms with van der Waals surface area (Å²) < 4.78 is 29.3.